The first-order valence-electron chi connectivity index (χ1n) is 10.5. The number of carboxylic acids is 2. The van der Waals surface area contributed by atoms with Crippen molar-refractivity contribution in [1.29, 1.82) is 0 Å². The van der Waals surface area contributed by atoms with Crippen LogP contribution in [-0.2, 0) is 19.3 Å². The van der Waals surface area contributed by atoms with Crippen molar-refractivity contribution in [3.05, 3.63) is 46.0 Å². The highest BCUT2D eigenvalue weighted by Gasteiger charge is 2.25. The molecule has 2 aromatic rings. The zero-order valence-electron chi connectivity index (χ0n) is 17.3. The van der Waals surface area contributed by atoms with Crippen molar-refractivity contribution in [2.45, 2.75) is 78.6 Å². The van der Waals surface area contributed by atoms with Gasteiger partial charge in [0.2, 0.25) is 0 Å². The van der Waals surface area contributed by atoms with E-state index in [1.807, 2.05) is 6.07 Å². The number of hydrogen-bond donors (Lipinski definition) is 2. The molecule has 0 aliphatic carbocycles. The highest BCUT2D eigenvalue weighted by atomic mass is 16.4. The van der Waals surface area contributed by atoms with E-state index in [9.17, 15) is 19.8 Å². The van der Waals surface area contributed by atoms with Crippen LogP contribution in [-0.4, -0.2) is 22.2 Å². The van der Waals surface area contributed by atoms with Crippen molar-refractivity contribution in [3.8, 4) is 0 Å². The highest BCUT2D eigenvalue weighted by molar-refractivity contribution is 6.14. The minimum Gasteiger partial charge on any atom is -0.478 e. The van der Waals surface area contributed by atoms with Gasteiger partial charge >= 0.3 is 11.9 Å². The Balaban J connectivity index is 2.97. The van der Waals surface area contributed by atoms with E-state index < -0.39 is 11.9 Å². The molecule has 152 valence electrons. The van der Waals surface area contributed by atoms with Gasteiger partial charge in [-0.25, -0.2) is 9.59 Å². The summed E-state index contributed by atoms with van der Waals surface area (Å²) < 4.78 is 0. The number of carbonyl (C=O) groups is 2. The summed E-state index contributed by atoms with van der Waals surface area (Å²) >= 11 is 0. The Bertz CT molecular complexity index is 852. The summed E-state index contributed by atoms with van der Waals surface area (Å²) in [6.45, 7) is 6.37. The number of unbranched alkanes of at least 4 members (excludes halogenated alkanes) is 3. The van der Waals surface area contributed by atoms with Crippen molar-refractivity contribution >= 4 is 22.7 Å². The Hall–Kier alpha value is -2.36. The second kappa shape index (κ2) is 10.3. The molecular formula is C24H32O4. The maximum absolute atomic E-state index is 12.3. The van der Waals surface area contributed by atoms with Crippen molar-refractivity contribution < 1.29 is 19.8 Å². The number of benzene rings is 2. The lowest BCUT2D eigenvalue weighted by molar-refractivity contribution is 0.0694. The summed E-state index contributed by atoms with van der Waals surface area (Å²) in [6.07, 6.45) is 8.33. The molecule has 0 spiro atoms. The molecule has 0 radical (unpaired) electrons. The summed E-state index contributed by atoms with van der Waals surface area (Å²) in [6, 6.07) is 5.16. The van der Waals surface area contributed by atoms with E-state index in [0.29, 0.717) is 11.8 Å². The van der Waals surface area contributed by atoms with Gasteiger partial charge in [-0.15, -0.1) is 0 Å². The fraction of sp³-hybridized carbons (Fsp3) is 0.500. The van der Waals surface area contributed by atoms with Gasteiger partial charge in [0.25, 0.3) is 0 Å². The molecule has 2 N–H and O–H groups in total. The number of carboxylic acid groups (broad SMARTS) is 2. The Morgan fingerprint density at radius 1 is 0.750 bits per heavy atom. The van der Waals surface area contributed by atoms with Crippen LogP contribution < -0.4 is 0 Å². The molecular weight excluding hydrogens is 352 g/mol. The molecule has 0 aliphatic heterocycles. The fourth-order valence-electron chi connectivity index (χ4n) is 4.06. The molecule has 0 atom stereocenters. The second-order valence-corrected chi connectivity index (χ2v) is 7.46. The summed E-state index contributed by atoms with van der Waals surface area (Å²) in [5.41, 5.74) is 3.45. The summed E-state index contributed by atoms with van der Waals surface area (Å²) in [5.74, 6) is -2.10. The number of aromatic carboxylic acids is 2. The summed E-state index contributed by atoms with van der Waals surface area (Å²) in [4.78, 5) is 24.2. The predicted octanol–water partition coefficient (Wildman–Crippen LogP) is 6.26. The van der Waals surface area contributed by atoms with Crippen LogP contribution in [0.2, 0.25) is 0 Å². The van der Waals surface area contributed by atoms with Gasteiger partial charge in [0.05, 0.1) is 11.1 Å². The topological polar surface area (TPSA) is 74.6 Å². The van der Waals surface area contributed by atoms with E-state index in [4.69, 9.17) is 0 Å². The lowest BCUT2D eigenvalue weighted by atomic mass is 9.82. The first-order chi connectivity index (χ1) is 13.5. The SMILES string of the molecule is CCCCc1c(CCCC)c(C(=O)O)c2c(C(=O)O)cccc2c1CCCC. The molecule has 28 heavy (non-hydrogen) atoms. The minimum absolute atomic E-state index is 0.0902. The van der Waals surface area contributed by atoms with E-state index in [1.165, 1.54) is 6.07 Å². The number of rotatable bonds is 11. The maximum Gasteiger partial charge on any atom is 0.336 e. The third-order valence-corrected chi connectivity index (χ3v) is 5.46. The summed E-state index contributed by atoms with van der Waals surface area (Å²) in [5, 5.41) is 21.0. The van der Waals surface area contributed by atoms with Crippen LogP contribution >= 0.6 is 0 Å². The van der Waals surface area contributed by atoms with E-state index in [-0.39, 0.29) is 11.1 Å². The minimum atomic E-state index is -1.07. The molecule has 0 heterocycles. The Morgan fingerprint density at radius 2 is 1.29 bits per heavy atom. The van der Waals surface area contributed by atoms with Crippen LogP contribution in [0.5, 0.6) is 0 Å². The highest BCUT2D eigenvalue weighted by Crippen LogP contribution is 2.36. The van der Waals surface area contributed by atoms with Crippen molar-refractivity contribution in [1.82, 2.24) is 0 Å². The maximum atomic E-state index is 12.3. The molecule has 0 aromatic heterocycles. The Labute approximate surface area is 167 Å². The molecule has 0 unspecified atom stereocenters. The van der Waals surface area contributed by atoms with E-state index in [2.05, 4.69) is 20.8 Å². The average Bonchev–Trinajstić information content (AvgIpc) is 2.67. The average molecular weight is 385 g/mol. The van der Waals surface area contributed by atoms with Gasteiger partial charge in [-0.05, 0) is 66.7 Å². The molecule has 4 heteroatoms. The van der Waals surface area contributed by atoms with Crippen LogP contribution in [0.15, 0.2) is 18.2 Å². The smallest absolute Gasteiger partial charge is 0.336 e. The van der Waals surface area contributed by atoms with Gasteiger partial charge in [-0.2, -0.15) is 0 Å². The third kappa shape index (κ3) is 4.54. The van der Waals surface area contributed by atoms with Crippen LogP contribution in [0.3, 0.4) is 0 Å². The van der Waals surface area contributed by atoms with Gasteiger partial charge in [-0.3, -0.25) is 0 Å². The van der Waals surface area contributed by atoms with Gasteiger partial charge < -0.3 is 10.2 Å². The molecule has 0 saturated carbocycles. The predicted molar refractivity (Wildman–Crippen MR) is 114 cm³/mol. The van der Waals surface area contributed by atoms with Crippen molar-refractivity contribution in [2.75, 3.05) is 0 Å². The molecule has 0 saturated heterocycles. The van der Waals surface area contributed by atoms with Crippen LogP contribution in [0.25, 0.3) is 10.8 Å². The van der Waals surface area contributed by atoms with Crippen LogP contribution in [0.1, 0.15) is 96.7 Å². The normalized spacial score (nSPS) is 11.1. The molecule has 0 bridgehead atoms. The third-order valence-electron chi connectivity index (χ3n) is 5.46. The monoisotopic (exact) mass is 384 g/mol. The van der Waals surface area contributed by atoms with Gasteiger partial charge in [-0.1, -0.05) is 52.2 Å². The van der Waals surface area contributed by atoms with Gasteiger partial charge in [0, 0.05) is 5.39 Å². The zero-order chi connectivity index (χ0) is 20.7. The van der Waals surface area contributed by atoms with E-state index >= 15 is 0 Å². The molecule has 2 aromatic carbocycles. The molecule has 4 nitrogen and oxygen atoms in total. The Morgan fingerprint density at radius 3 is 1.79 bits per heavy atom. The van der Waals surface area contributed by atoms with Crippen molar-refractivity contribution in [2.24, 2.45) is 0 Å². The zero-order valence-corrected chi connectivity index (χ0v) is 17.3. The molecule has 0 aliphatic rings. The molecule has 0 amide bonds. The van der Waals surface area contributed by atoms with E-state index in [1.54, 1.807) is 6.07 Å². The quantitative estimate of drug-likeness (QED) is 0.479. The fourth-order valence-corrected chi connectivity index (χ4v) is 4.06. The first-order valence-corrected chi connectivity index (χ1v) is 10.5. The molecule has 0 fully saturated rings. The largest absolute Gasteiger partial charge is 0.478 e. The standard InChI is InChI=1S/C24H32O4/c1-4-7-11-16-17(12-8-5-2)19(13-9-6-3)22(24(27)28)21-18(16)14-10-15-20(21)23(25)26/h10,14-15H,4-9,11-13H2,1-3H3,(H,25,26)(H,27,28). The molecule has 2 rings (SSSR count). The van der Waals surface area contributed by atoms with Gasteiger partial charge in [0.1, 0.15) is 0 Å². The number of fused-ring (bicyclic) bond motifs is 1. The van der Waals surface area contributed by atoms with Crippen molar-refractivity contribution in [3.63, 3.8) is 0 Å². The number of hydrogen-bond acceptors (Lipinski definition) is 2. The van der Waals surface area contributed by atoms with Gasteiger partial charge in [0.15, 0.2) is 0 Å². The first kappa shape index (κ1) is 21.9. The summed E-state index contributed by atoms with van der Waals surface area (Å²) in [7, 11) is 0. The lowest BCUT2D eigenvalue weighted by Gasteiger charge is -2.22. The van der Waals surface area contributed by atoms with E-state index in [0.717, 1.165) is 73.4 Å². The van der Waals surface area contributed by atoms with Crippen LogP contribution in [0, 0.1) is 0 Å². The Kier molecular flexibility index (Phi) is 8.04. The van der Waals surface area contributed by atoms with Crippen LogP contribution in [0.4, 0.5) is 0 Å². The lowest BCUT2D eigenvalue weighted by Crippen LogP contribution is -2.14. The second-order valence-electron chi connectivity index (χ2n) is 7.46. The number of aryl methyl sites for hydroxylation is 1.